The second-order valence-corrected chi connectivity index (χ2v) is 14.0. The van der Waals surface area contributed by atoms with E-state index in [4.69, 9.17) is 18.9 Å². The fraction of sp³-hybridized carbons (Fsp3) is 0.933. The van der Waals surface area contributed by atoms with E-state index in [9.17, 15) is 10.2 Å². The highest BCUT2D eigenvalue weighted by atomic mass is 16.6. The molecule has 0 spiro atoms. The Morgan fingerprint density at radius 1 is 0.861 bits per heavy atom. The van der Waals surface area contributed by atoms with Gasteiger partial charge in [-0.15, -0.1) is 0 Å². The van der Waals surface area contributed by atoms with Crippen molar-refractivity contribution >= 4 is 0 Å². The summed E-state index contributed by atoms with van der Waals surface area (Å²) in [5.41, 5.74) is -1.03. The normalized spacial score (nSPS) is 42.6. The zero-order chi connectivity index (χ0) is 26.6. The first kappa shape index (κ1) is 28.5. The van der Waals surface area contributed by atoms with Crippen LogP contribution in [-0.4, -0.2) is 68.7 Å². The summed E-state index contributed by atoms with van der Waals surface area (Å²) < 4.78 is 25.3. The smallest absolute Gasteiger partial charge is 0.0921 e. The maximum absolute atomic E-state index is 11.3. The molecule has 4 aliphatic rings. The second-order valence-electron chi connectivity index (χ2n) is 14.0. The van der Waals surface area contributed by atoms with Crippen molar-refractivity contribution in [2.75, 3.05) is 0 Å². The molecule has 6 nitrogen and oxygen atoms in total. The third kappa shape index (κ3) is 6.21. The van der Waals surface area contributed by atoms with E-state index in [1.807, 2.05) is 20.8 Å². The van der Waals surface area contributed by atoms with Crippen molar-refractivity contribution in [3.8, 4) is 0 Å². The van der Waals surface area contributed by atoms with Crippen molar-refractivity contribution in [1.29, 1.82) is 0 Å². The van der Waals surface area contributed by atoms with Gasteiger partial charge in [0.05, 0.1) is 58.5 Å². The maximum atomic E-state index is 11.3. The zero-order valence-electron chi connectivity index (χ0n) is 24.1. The van der Waals surface area contributed by atoms with Gasteiger partial charge in [-0.05, 0) is 120 Å². The van der Waals surface area contributed by atoms with E-state index in [-0.39, 0.29) is 41.2 Å². The third-order valence-electron chi connectivity index (χ3n) is 9.60. The van der Waals surface area contributed by atoms with Crippen molar-refractivity contribution in [3.63, 3.8) is 0 Å². The molecule has 0 aromatic heterocycles. The molecular weight excluding hydrogens is 456 g/mol. The van der Waals surface area contributed by atoms with E-state index < -0.39 is 11.2 Å². The number of ether oxygens (including phenoxy) is 4. The number of rotatable bonds is 10. The molecule has 0 radical (unpaired) electrons. The molecule has 4 heterocycles. The molecule has 4 saturated heterocycles. The van der Waals surface area contributed by atoms with Gasteiger partial charge in [-0.3, -0.25) is 0 Å². The molecule has 8 unspecified atom stereocenters. The van der Waals surface area contributed by atoms with Crippen LogP contribution in [0.1, 0.15) is 120 Å². The predicted octanol–water partition coefficient (Wildman–Crippen LogP) is 5.62. The van der Waals surface area contributed by atoms with Crippen LogP contribution in [0.2, 0.25) is 0 Å². The Morgan fingerprint density at radius 3 is 2.11 bits per heavy atom. The molecule has 6 heteroatoms. The molecule has 8 atom stereocenters. The first-order chi connectivity index (χ1) is 16.5. The van der Waals surface area contributed by atoms with E-state index >= 15 is 0 Å². The topological polar surface area (TPSA) is 80.7 Å². The van der Waals surface area contributed by atoms with Crippen LogP contribution in [0.4, 0.5) is 0 Å². The third-order valence-corrected chi connectivity index (χ3v) is 9.60. The highest BCUT2D eigenvalue weighted by Gasteiger charge is 2.55. The van der Waals surface area contributed by atoms with Crippen LogP contribution in [0.25, 0.3) is 0 Å². The van der Waals surface area contributed by atoms with Crippen molar-refractivity contribution < 1.29 is 29.2 Å². The van der Waals surface area contributed by atoms with Gasteiger partial charge >= 0.3 is 0 Å². The van der Waals surface area contributed by atoms with E-state index in [2.05, 4.69) is 40.7 Å². The minimum atomic E-state index is -0.859. The Kier molecular flexibility index (Phi) is 7.85. The van der Waals surface area contributed by atoms with E-state index in [1.165, 1.54) is 5.57 Å². The minimum Gasteiger partial charge on any atom is -0.388 e. The number of hydrogen-bond donors (Lipinski definition) is 2. The first-order valence-corrected chi connectivity index (χ1v) is 14.3. The van der Waals surface area contributed by atoms with Gasteiger partial charge in [-0.1, -0.05) is 11.6 Å². The van der Waals surface area contributed by atoms with Gasteiger partial charge in [0, 0.05) is 0 Å². The van der Waals surface area contributed by atoms with Crippen molar-refractivity contribution in [2.24, 2.45) is 0 Å². The summed E-state index contributed by atoms with van der Waals surface area (Å²) in [5.74, 6) is 0. The van der Waals surface area contributed by atoms with Crippen LogP contribution < -0.4 is 0 Å². The Labute approximate surface area is 219 Å². The Bertz CT molecular complexity index is 813. The lowest BCUT2D eigenvalue weighted by Gasteiger charge is -2.38. The average Bonchev–Trinajstić information content (AvgIpc) is 3.26. The highest BCUT2D eigenvalue weighted by molar-refractivity contribution is 5.06. The lowest BCUT2D eigenvalue weighted by atomic mass is 9.89. The Balaban J connectivity index is 1.25. The lowest BCUT2D eigenvalue weighted by molar-refractivity contribution is -0.201. The molecule has 4 fully saturated rings. The molecule has 2 N–H and O–H groups in total. The first-order valence-electron chi connectivity index (χ1n) is 14.3. The molecule has 0 aromatic carbocycles. The number of aliphatic hydroxyl groups is 2. The van der Waals surface area contributed by atoms with Crippen LogP contribution >= 0.6 is 0 Å². The van der Waals surface area contributed by atoms with Crippen LogP contribution in [-0.2, 0) is 18.9 Å². The molecule has 0 amide bonds. The summed E-state index contributed by atoms with van der Waals surface area (Å²) in [5, 5.41) is 21.7. The zero-order valence-corrected chi connectivity index (χ0v) is 24.1. The molecule has 0 saturated carbocycles. The van der Waals surface area contributed by atoms with Crippen LogP contribution in [0.5, 0.6) is 0 Å². The van der Waals surface area contributed by atoms with Crippen molar-refractivity contribution in [1.82, 2.24) is 0 Å². The van der Waals surface area contributed by atoms with Crippen LogP contribution in [0.3, 0.4) is 0 Å². The summed E-state index contributed by atoms with van der Waals surface area (Å²) >= 11 is 0. The van der Waals surface area contributed by atoms with Crippen molar-refractivity contribution in [2.45, 2.75) is 178 Å². The SMILES string of the molecule is CC(=CCCC(C)(O)C1CCC(C2(C)CCC(C3(C)CCC(C(C)(C)O)O3)O2)O1)CCC1OC1(C)C. The van der Waals surface area contributed by atoms with Gasteiger partial charge in [-0.25, -0.2) is 0 Å². The van der Waals surface area contributed by atoms with E-state index in [0.717, 1.165) is 57.8 Å². The molecule has 4 rings (SSSR count). The maximum Gasteiger partial charge on any atom is 0.0921 e. The molecule has 208 valence electrons. The van der Waals surface area contributed by atoms with Crippen LogP contribution in [0.15, 0.2) is 11.6 Å². The molecule has 0 aliphatic carbocycles. The van der Waals surface area contributed by atoms with Gasteiger partial charge in [0.2, 0.25) is 0 Å². The molecule has 0 aromatic rings. The standard InChI is InChI=1S/C30H52O6/c1-20(11-12-22-27(4,5)34-22)10-9-17-28(6,32)23-13-14-24(33-23)29(7)19-16-25(36-29)30(8)18-15-21(35-30)26(2,3)31/h10,21-25,31-32H,9,11-19H2,1-8H3. The molecule has 0 bridgehead atoms. The number of hydrogen-bond acceptors (Lipinski definition) is 6. The Hall–Kier alpha value is -0.500. The second kappa shape index (κ2) is 9.91. The van der Waals surface area contributed by atoms with Gasteiger partial charge in [0.25, 0.3) is 0 Å². The predicted molar refractivity (Wildman–Crippen MR) is 141 cm³/mol. The summed E-state index contributed by atoms with van der Waals surface area (Å²) in [4.78, 5) is 0. The number of allylic oxidation sites excluding steroid dienone is 2. The van der Waals surface area contributed by atoms with Gasteiger partial charge in [-0.2, -0.15) is 0 Å². The van der Waals surface area contributed by atoms with Gasteiger partial charge in [0.1, 0.15) is 0 Å². The molecule has 36 heavy (non-hydrogen) atoms. The highest BCUT2D eigenvalue weighted by Crippen LogP contribution is 2.48. The summed E-state index contributed by atoms with van der Waals surface area (Å²) in [6, 6.07) is 0. The van der Waals surface area contributed by atoms with Gasteiger partial charge in [0.15, 0.2) is 0 Å². The van der Waals surface area contributed by atoms with Gasteiger partial charge < -0.3 is 29.2 Å². The lowest BCUT2D eigenvalue weighted by Crippen LogP contribution is -2.47. The monoisotopic (exact) mass is 508 g/mol. The minimum absolute atomic E-state index is 0.00210. The summed E-state index contributed by atoms with van der Waals surface area (Å²) in [6.07, 6.45) is 11.3. The van der Waals surface area contributed by atoms with E-state index in [1.54, 1.807) is 0 Å². The summed E-state index contributed by atoms with van der Waals surface area (Å²) in [6.45, 7) is 16.3. The quantitative estimate of drug-likeness (QED) is 0.295. The fourth-order valence-electron chi connectivity index (χ4n) is 6.64. The van der Waals surface area contributed by atoms with E-state index in [0.29, 0.717) is 12.5 Å². The summed E-state index contributed by atoms with van der Waals surface area (Å²) in [7, 11) is 0. The molecule has 4 aliphatic heterocycles. The van der Waals surface area contributed by atoms with Crippen LogP contribution in [0, 0.1) is 0 Å². The van der Waals surface area contributed by atoms with Crippen molar-refractivity contribution in [3.05, 3.63) is 11.6 Å². The average molecular weight is 509 g/mol. The fourth-order valence-corrected chi connectivity index (χ4v) is 6.64. The Morgan fingerprint density at radius 2 is 1.50 bits per heavy atom. The largest absolute Gasteiger partial charge is 0.388 e. The number of epoxide rings is 1. The molecular formula is C30H52O6.